The maximum atomic E-state index is 13.4. The average molecular weight is 459 g/mol. The molecule has 0 atom stereocenters. The SMILES string of the molecule is COc1ccc2c(c1)c(CC(=O)n1nnc3ccccc31)c(C)n2C(=O)c1ccc(Cl)cc1. The molecule has 5 rings (SSSR count). The minimum atomic E-state index is -0.243. The van der Waals surface area contributed by atoms with Crippen LogP contribution < -0.4 is 4.74 Å². The molecule has 0 bridgehead atoms. The number of fused-ring (bicyclic) bond motifs is 2. The monoisotopic (exact) mass is 458 g/mol. The molecule has 7 nitrogen and oxygen atoms in total. The van der Waals surface area contributed by atoms with Crippen molar-refractivity contribution in [3.05, 3.63) is 88.6 Å². The fraction of sp³-hybridized carbons (Fsp3) is 0.120. The van der Waals surface area contributed by atoms with Gasteiger partial charge in [-0.1, -0.05) is 28.9 Å². The first-order chi connectivity index (χ1) is 16.0. The lowest BCUT2D eigenvalue weighted by atomic mass is 10.1. The van der Waals surface area contributed by atoms with Crippen molar-refractivity contribution in [2.24, 2.45) is 0 Å². The molecule has 3 aromatic carbocycles. The zero-order valence-electron chi connectivity index (χ0n) is 17.9. The Morgan fingerprint density at radius 2 is 1.76 bits per heavy atom. The first-order valence-corrected chi connectivity index (χ1v) is 10.7. The van der Waals surface area contributed by atoms with Gasteiger partial charge in [-0.05, 0) is 67.1 Å². The van der Waals surface area contributed by atoms with E-state index in [9.17, 15) is 9.59 Å². The Balaban J connectivity index is 1.63. The van der Waals surface area contributed by atoms with Crippen LogP contribution in [0.4, 0.5) is 0 Å². The summed E-state index contributed by atoms with van der Waals surface area (Å²) >= 11 is 5.99. The highest BCUT2D eigenvalue weighted by molar-refractivity contribution is 6.30. The number of para-hydroxylation sites is 1. The highest BCUT2D eigenvalue weighted by Gasteiger charge is 2.23. The van der Waals surface area contributed by atoms with E-state index in [1.807, 2.05) is 31.2 Å². The van der Waals surface area contributed by atoms with Crippen molar-refractivity contribution in [1.82, 2.24) is 19.6 Å². The lowest BCUT2D eigenvalue weighted by Gasteiger charge is -2.08. The lowest BCUT2D eigenvalue weighted by Crippen LogP contribution is -2.17. The highest BCUT2D eigenvalue weighted by atomic mass is 35.5. The van der Waals surface area contributed by atoms with Gasteiger partial charge in [0.05, 0.1) is 24.6 Å². The van der Waals surface area contributed by atoms with Crippen LogP contribution in [-0.4, -0.2) is 38.5 Å². The van der Waals surface area contributed by atoms with Gasteiger partial charge in [0.25, 0.3) is 11.8 Å². The number of aromatic nitrogens is 4. The third-order valence-corrected chi connectivity index (χ3v) is 6.00. The number of halogens is 1. The van der Waals surface area contributed by atoms with E-state index in [2.05, 4.69) is 10.3 Å². The van der Waals surface area contributed by atoms with Crippen LogP contribution in [0.3, 0.4) is 0 Å². The molecule has 0 amide bonds. The first-order valence-electron chi connectivity index (χ1n) is 10.3. The summed E-state index contributed by atoms with van der Waals surface area (Å²) in [4.78, 5) is 26.7. The molecule has 5 aromatic rings. The molecule has 0 aliphatic heterocycles. The largest absolute Gasteiger partial charge is 0.497 e. The molecule has 0 spiro atoms. The van der Waals surface area contributed by atoms with Crippen LogP contribution >= 0.6 is 11.6 Å². The summed E-state index contributed by atoms with van der Waals surface area (Å²) in [5.74, 6) is 0.190. The minimum Gasteiger partial charge on any atom is -0.497 e. The lowest BCUT2D eigenvalue weighted by molar-refractivity contribution is 0.0899. The molecular formula is C25H19ClN4O3. The number of nitrogens with zero attached hydrogens (tertiary/aromatic N) is 4. The number of benzene rings is 3. The summed E-state index contributed by atoms with van der Waals surface area (Å²) in [6, 6.07) is 19.5. The van der Waals surface area contributed by atoms with E-state index in [0.717, 1.165) is 10.9 Å². The third-order valence-electron chi connectivity index (χ3n) is 5.75. The Labute approximate surface area is 194 Å². The van der Waals surface area contributed by atoms with Crippen LogP contribution in [0.25, 0.3) is 21.9 Å². The van der Waals surface area contributed by atoms with Gasteiger partial charge in [0, 0.05) is 21.7 Å². The summed E-state index contributed by atoms with van der Waals surface area (Å²) in [5.41, 5.74) is 3.88. The van der Waals surface area contributed by atoms with Gasteiger partial charge in [0.2, 0.25) is 0 Å². The quantitative estimate of drug-likeness (QED) is 0.381. The van der Waals surface area contributed by atoms with E-state index in [-0.39, 0.29) is 18.2 Å². The van der Waals surface area contributed by atoms with E-state index >= 15 is 0 Å². The van der Waals surface area contributed by atoms with E-state index in [0.29, 0.717) is 38.6 Å². The Morgan fingerprint density at radius 1 is 1.00 bits per heavy atom. The van der Waals surface area contributed by atoms with E-state index in [4.69, 9.17) is 16.3 Å². The number of ether oxygens (including phenoxy) is 1. The zero-order chi connectivity index (χ0) is 23.1. The summed E-state index contributed by atoms with van der Waals surface area (Å²) in [6.45, 7) is 1.84. The summed E-state index contributed by atoms with van der Waals surface area (Å²) in [5, 5.41) is 9.44. The summed E-state index contributed by atoms with van der Waals surface area (Å²) in [7, 11) is 1.58. The standard InChI is InChI=1S/C25H19ClN4O3/c1-15-19(14-24(31)30-23-6-4-3-5-21(23)27-28-30)20-13-18(33-2)11-12-22(20)29(15)25(32)16-7-9-17(26)10-8-16/h3-13H,14H2,1-2H3. The number of methoxy groups -OCH3 is 1. The Morgan fingerprint density at radius 3 is 2.52 bits per heavy atom. The Kier molecular flexibility index (Phi) is 5.18. The average Bonchev–Trinajstić information content (AvgIpc) is 3.38. The summed E-state index contributed by atoms with van der Waals surface area (Å²) in [6.07, 6.45) is 0.0454. The van der Waals surface area contributed by atoms with E-state index in [1.54, 1.807) is 54.1 Å². The van der Waals surface area contributed by atoms with Gasteiger partial charge < -0.3 is 4.74 Å². The predicted octanol–water partition coefficient (Wildman–Crippen LogP) is 4.93. The molecule has 0 N–H and O–H groups in total. The van der Waals surface area contributed by atoms with Crippen LogP contribution in [0.15, 0.2) is 66.7 Å². The highest BCUT2D eigenvalue weighted by Crippen LogP contribution is 2.31. The van der Waals surface area contributed by atoms with Crippen LogP contribution in [0, 0.1) is 6.92 Å². The van der Waals surface area contributed by atoms with Crippen LogP contribution in [-0.2, 0) is 6.42 Å². The van der Waals surface area contributed by atoms with Crippen molar-refractivity contribution in [2.45, 2.75) is 13.3 Å². The topological polar surface area (TPSA) is 79.0 Å². The Bertz CT molecular complexity index is 1530. The van der Waals surface area contributed by atoms with Crippen LogP contribution in [0.1, 0.15) is 26.4 Å². The smallest absolute Gasteiger partial charge is 0.262 e. The minimum absolute atomic E-state index is 0.0454. The number of rotatable bonds is 4. The third kappa shape index (κ3) is 3.56. The maximum absolute atomic E-state index is 13.4. The second kappa shape index (κ2) is 8.18. The van der Waals surface area contributed by atoms with E-state index < -0.39 is 0 Å². The number of hydrogen-bond acceptors (Lipinski definition) is 5. The van der Waals surface area contributed by atoms with Crippen molar-refractivity contribution in [3.8, 4) is 5.75 Å². The van der Waals surface area contributed by atoms with Gasteiger partial charge in [-0.2, -0.15) is 4.68 Å². The van der Waals surface area contributed by atoms with Crippen molar-refractivity contribution >= 4 is 45.4 Å². The molecule has 0 aliphatic carbocycles. The van der Waals surface area contributed by atoms with Crippen LogP contribution in [0.5, 0.6) is 5.75 Å². The molecule has 0 unspecified atom stereocenters. The molecule has 8 heteroatoms. The van der Waals surface area contributed by atoms with Gasteiger partial charge in [0.1, 0.15) is 11.3 Å². The van der Waals surface area contributed by atoms with Crippen molar-refractivity contribution < 1.29 is 14.3 Å². The predicted molar refractivity (Wildman–Crippen MR) is 126 cm³/mol. The molecule has 33 heavy (non-hydrogen) atoms. The fourth-order valence-electron chi connectivity index (χ4n) is 4.08. The number of carbonyl (C=O) groups is 2. The first kappa shape index (κ1) is 20.9. The molecule has 2 heterocycles. The molecule has 0 aliphatic rings. The van der Waals surface area contributed by atoms with Gasteiger partial charge in [-0.15, -0.1) is 5.10 Å². The second-order valence-corrected chi connectivity index (χ2v) is 8.09. The molecule has 0 fully saturated rings. The van der Waals surface area contributed by atoms with E-state index in [1.165, 1.54) is 4.68 Å². The van der Waals surface area contributed by atoms with Gasteiger partial charge in [-0.3, -0.25) is 14.2 Å². The number of hydrogen-bond donors (Lipinski definition) is 0. The zero-order valence-corrected chi connectivity index (χ0v) is 18.7. The van der Waals surface area contributed by atoms with Gasteiger partial charge in [0.15, 0.2) is 0 Å². The number of carbonyl (C=O) groups excluding carboxylic acids is 2. The Hall–Kier alpha value is -3.97. The van der Waals surface area contributed by atoms with Crippen molar-refractivity contribution in [3.63, 3.8) is 0 Å². The molecule has 2 aromatic heterocycles. The normalized spacial score (nSPS) is 11.2. The molecule has 0 saturated heterocycles. The molecule has 0 radical (unpaired) electrons. The van der Waals surface area contributed by atoms with Gasteiger partial charge in [-0.25, -0.2) is 0 Å². The van der Waals surface area contributed by atoms with Crippen molar-refractivity contribution in [1.29, 1.82) is 0 Å². The summed E-state index contributed by atoms with van der Waals surface area (Å²) < 4.78 is 8.33. The fourth-order valence-corrected chi connectivity index (χ4v) is 4.20. The second-order valence-electron chi connectivity index (χ2n) is 7.65. The molecular weight excluding hydrogens is 440 g/mol. The molecule has 0 saturated carbocycles. The van der Waals surface area contributed by atoms with Gasteiger partial charge >= 0.3 is 0 Å². The molecule has 164 valence electrons. The van der Waals surface area contributed by atoms with Crippen LogP contribution in [0.2, 0.25) is 5.02 Å². The van der Waals surface area contributed by atoms with Crippen molar-refractivity contribution in [2.75, 3.05) is 7.11 Å². The maximum Gasteiger partial charge on any atom is 0.262 e.